The van der Waals surface area contributed by atoms with E-state index in [-0.39, 0.29) is 5.91 Å². The lowest BCUT2D eigenvalue weighted by Gasteiger charge is -2.32. The highest BCUT2D eigenvalue weighted by atomic mass is 16.2. The van der Waals surface area contributed by atoms with Gasteiger partial charge in [-0.1, -0.05) is 18.2 Å². The fourth-order valence-electron chi connectivity index (χ4n) is 5.38. The molecule has 166 valence electrons. The minimum atomic E-state index is -0.690. The molecule has 2 amide bonds. The highest BCUT2D eigenvalue weighted by molar-refractivity contribution is 6.13. The van der Waals surface area contributed by atoms with E-state index >= 15 is 0 Å². The van der Waals surface area contributed by atoms with Crippen LogP contribution in [-0.2, 0) is 10.2 Å². The summed E-state index contributed by atoms with van der Waals surface area (Å²) in [5.41, 5.74) is 10.2. The van der Waals surface area contributed by atoms with E-state index in [2.05, 4.69) is 23.0 Å². The zero-order valence-electron chi connectivity index (χ0n) is 18.9. The molecule has 1 saturated heterocycles. The van der Waals surface area contributed by atoms with Crippen LogP contribution < -0.4 is 10.6 Å². The Morgan fingerprint density at radius 2 is 1.88 bits per heavy atom. The smallest absolute Gasteiger partial charge is 0.248 e. The van der Waals surface area contributed by atoms with Crippen LogP contribution in [0.1, 0.15) is 42.6 Å². The number of hydrogen-bond acceptors (Lipinski definition) is 3. The lowest BCUT2D eigenvalue weighted by atomic mass is 9.80. The van der Waals surface area contributed by atoms with Gasteiger partial charge >= 0.3 is 0 Å². The van der Waals surface area contributed by atoms with E-state index in [1.165, 1.54) is 0 Å². The number of nitrogens with zero attached hydrogens (tertiary/aromatic N) is 2. The Hall–Kier alpha value is -3.12. The molecule has 0 atom stereocenters. The van der Waals surface area contributed by atoms with Crippen LogP contribution >= 0.6 is 0 Å². The molecule has 0 bridgehead atoms. The number of carbonyl (C=O) groups is 2. The lowest BCUT2D eigenvalue weighted by Crippen LogP contribution is -2.41. The van der Waals surface area contributed by atoms with Crippen molar-refractivity contribution in [1.29, 1.82) is 0 Å². The van der Waals surface area contributed by atoms with E-state index in [1.807, 2.05) is 55.3 Å². The fourth-order valence-corrected chi connectivity index (χ4v) is 5.38. The van der Waals surface area contributed by atoms with E-state index in [0.717, 1.165) is 59.2 Å². The van der Waals surface area contributed by atoms with Gasteiger partial charge in [-0.3, -0.25) is 9.59 Å². The Morgan fingerprint density at radius 1 is 1.16 bits per heavy atom. The van der Waals surface area contributed by atoms with Crippen LogP contribution in [0.15, 0.2) is 42.6 Å². The van der Waals surface area contributed by atoms with E-state index in [9.17, 15) is 9.59 Å². The zero-order chi connectivity index (χ0) is 22.6. The van der Waals surface area contributed by atoms with E-state index in [0.29, 0.717) is 18.0 Å². The van der Waals surface area contributed by atoms with Crippen molar-refractivity contribution >= 4 is 28.4 Å². The Labute approximate surface area is 188 Å². The number of aromatic nitrogens is 1. The molecule has 1 fully saturated rings. The summed E-state index contributed by atoms with van der Waals surface area (Å²) in [6.45, 7) is 6.75. The highest BCUT2D eigenvalue weighted by Gasteiger charge is 2.46. The first kappa shape index (κ1) is 20.8. The summed E-state index contributed by atoms with van der Waals surface area (Å²) in [6.07, 6.45) is 4.10. The number of benzene rings is 2. The Morgan fingerprint density at radius 3 is 2.59 bits per heavy atom. The van der Waals surface area contributed by atoms with Crippen molar-refractivity contribution in [3.8, 4) is 11.1 Å². The molecule has 1 aromatic heterocycles. The number of fused-ring (bicyclic) bond motifs is 2. The van der Waals surface area contributed by atoms with Gasteiger partial charge < -0.3 is 20.5 Å². The highest BCUT2D eigenvalue weighted by Crippen LogP contribution is 2.49. The first-order valence-electron chi connectivity index (χ1n) is 11.3. The molecule has 2 aromatic carbocycles. The zero-order valence-corrected chi connectivity index (χ0v) is 18.9. The number of anilines is 1. The molecule has 5 rings (SSSR count). The molecule has 2 aliphatic heterocycles. The van der Waals surface area contributed by atoms with E-state index in [4.69, 9.17) is 5.73 Å². The lowest BCUT2D eigenvalue weighted by molar-refractivity contribution is -0.122. The predicted octanol–water partition coefficient (Wildman–Crippen LogP) is 3.90. The van der Waals surface area contributed by atoms with Crippen LogP contribution in [-0.4, -0.2) is 48.4 Å². The molecule has 0 unspecified atom stereocenters. The first-order valence-corrected chi connectivity index (χ1v) is 11.3. The van der Waals surface area contributed by atoms with Crippen molar-refractivity contribution in [2.75, 3.05) is 31.6 Å². The molecule has 32 heavy (non-hydrogen) atoms. The van der Waals surface area contributed by atoms with Gasteiger partial charge in [-0.05, 0) is 82.1 Å². The topological polar surface area (TPSA) is 82.4 Å². The number of H-pyrrole nitrogens is 1. The van der Waals surface area contributed by atoms with Crippen LogP contribution in [0, 0.1) is 5.92 Å². The molecule has 2 aliphatic rings. The minimum absolute atomic E-state index is 0.0918. The average Bonchev–Trinajstić information content (AvgIpc) is 3.28. The fraction of sp³-hybridized carbons (Fsp3) is 0.385. The van der Waals surface area contributed by atoms with Crippen LogP contribution in [0.2, 0.25) is 0 Å². The second-order valence-electron chi connectivity index (χ2n) is 9.82. The Bertz CT molecular complexity index is 1220. The predicted molar refractivity (Wildman–Crippen MR) is 128 cm³/mol. The molecule has 3 heterocycles. The van der Waals surface area contributed by atoms with Gasteiger partial charge in [0.25, 0.3) is 0 Å². The van der Waals surface area contributed by atoms with Crippen molar-refractivity contribution in [1.82, 2.24) is 9.88 Å². The molecular formula is C26H30N4O2. The van der Waals surface area contributed by atoms with Crippen molar-refractivity contribution in [3.05, 3.63) is 53.7 Å². The maximum Gasteiger partial charge on any atom is 0.248 e. The van der Waals surface area contributed by atoms with Gasteiger partial charge in [0.05, 0.1) is 5.41 Å². The molecular weight excluding hydrogens is 400 g/mol. The van der Waals surface area contributed by atoms with Crippen molar-refractivity contribution in [3.63, 3.8) is 0 Å². The number of aromatic amines is 1. The Kier molecular flexibility index (Phi) is 4.86. The van der Waals surface area contributed by atoms with Gasteiger partial charge in [-0.15, -0.1) is 0 Å². The quantitative estimate of drug-likeness (QED) is 0.659. The molecule has 0 radical (unpaired) electrons. The molecule has 6 heteroatoms. The number of nitrogens with one attached hydrogen (secondary N) is 1. The summed E-state index contributed by atoms with van der Waals surface area (Å²) >= 11 is 0. The monoisotopic (exact) mass is 430 g/mol. The average molecular weight is 431 g/mol. The maximum absolute atomic E-state index is 13.7. The summed E-state index contributed by atoms with van der Waals surface area (Å²) in [6, 6.07) is 11.7. The normalized spacial score (nSPS) is 19.0. The van der Waals surface area contributed by atoms with E-state index in [1.54, 1.807) is 0 Å². The molecule has 3 N–H and O–H groups in total. The molecule has 0 aliphatic carbocycles. The van der Waals surface area contributed by atoms with Gasteiger partial charge in [-0.2, -0.15) is 0 Å². The van der Waals surface area contributed by atoms with Crippen molar-refractivity contribution in [2.45, 2.75) is 32.1 Å². The summed E-state index contributed by atoms with van der Waals surface area (Å²) in [5.74, 6) is 0.0603. The summed E-state index contributed by atoms with van der Waals surface area (Å²) in [4.78, 5) is 33.5. The number of amides is 2. The number of likely N-dealkylation sites (tertiary alicyclic amines) is 1. The summed E-state index contributed by atoms with van der Waals surface area (Å²) < 4.78 is 0. The van der Waals surface area contributed by atoms with Gasteiger partial charge in [-0.25, -0.2) is 0 Å². The number of primary amides is 1. The number of rotatable bonds is 4. The van der Waals surface area contributed by atoms with Crippen molar-refractivity contribution < 1.29 is 9.59 Å². The standard InChI is InChI=1S/C26H30N4O2/c1-26(2)23-19(20-14-28-21-7-5-4-6-18(20)21)12-17(24(27)31)13-22(23)30(25(26)32)15-16-8-10-29(3)11-9-16/h4-7,12-14,16,28H,8-11,15H2,1-3H3,(H2,27,31). The Balaban J connectivity index is 1.67. The third-order valence-corrected chi connectivity index (χ3v) is 7.26. The number of piperidine rings is 1. The van der Waals surface area contributed by atoms with Gasteiger partial charge in [0.15, 0.2) is 0 Å². The molecule has 3 aromatic rings. The molecule has 0 spiro atoms. The maximum atomic E-state index is 13.7. The molecule has 6 nitrogen and oxygen atoms in total. The summed E-state index contributed by atoms with van der Waals surface area (Å²) in [5, 5.41) is 1.06. The minimum Gasteiger partial charge on any atom is -0.366 e. The third kappa shape index (κ3) is 3.21. The number of carbonyl (C=O) groups excluding carboxylic acids is 2. The van der Waals surface area contributed by atoms with Crippen LogP contribution in [0.4, 0.5) is 5.69 Å². The number of nitrogens with two attached hydrogens (primary N) is 1. The second-order valence-corrected chi connectivity index (χ2v) is 9.82. The van der Waals surface area contributed by atoms with Gasteiger partial charge in [0.1, 0.15) is 0 Å². The number of para-hydroxylation sites is 1. The van der Waals surface area contributed by atoms with Gasteiger partial charge in [0.2, 0.25) is 11.8 Å². The first-order chi connectivity index (χ1) is 15.3. The van der Waals surface area contributed by atoms with Crippen LogP contribution in [0.5, 0.6) is 0 Å². The second kappa shape index (κ2) is 7.48. The van der Waals surface area contributed by atoms with Crippen LogP contribution in [0.25, 0.3) is 22.0 Å². The largest absolute Gasteiger partial charge is 0.366 e. The van der Waals surface area contributed by atoms with Crippen molar-refractivity contribution in [2.24, 2.45) is 11.7 Å². The molecule has 0 saturated carbocycles. The number of hydrogen-bond donors (Lipinski definition) is 2. The SMILES string of the molecule is CN1CCC(CN2C(=O)C(C)(C)c3c(-c4c[nH]c5ccccc45)cc(C(N)=O)cc32)CC1. The third-order valence-electron chi connectivity index (χ3n) is 7.26. The van der Waals surface area contributed by atoms with Crippen LogP contribution in [0.3, 0.4) is 0 Å². The van der Waals surface area contributed by atoms with Gasteiger partial charge in [0, 0.05) is 40.5 Å². The van der Waals surface area contributed by atoms with E-state index < -0.39 is 11.3 Å². The summed E-state index contributed by atoms with van der Waals surface area (Å²) in [7, 11) is 2.14.